The molecule has 0 fully saturated rings. The summed E-state index contributed by atoms with van der Waals surface area (Å²) >= 11 is 6.56. The molecule has 0 saturated heterocycles. The highest BCUT2D eigenvalue weighted by Crippen LogP contribution is 2.37. The molecule has 2 rings (SSSR count). The van der Waals surface area contributed by atoms with Crippen LogP contribution in [0.25, 0.3) is 0 Å². The Morgan fingerprint density at radius 3 is 2.46 bits per heavy atom. The number of rotatable bonds is 5. The topological polar surface area (TPSA) is 38.3 Å². The Labute approximate surface area is 146 Å². The summed E-state index contributed by atoms with van der Waals surface area (Å²) in [6.45, 7) is 0. The van der Waals surface area contributed by atoms with Crippen molar-refractivity contribution in [2.75, 3.05) is 18.2 Å². The number of anilines is 1. The highest BCUT2D eigenvalue weighted by Gasteiger charge is 2.33. The predicted molar refractivity (Wildman–Crippen MR) is 88.8 cm³/mol. The van der Waals surface area contributed by atoms with Gasteiger partial charge in [0.2, 0.25) is 5.91 Å². The van der Waals surface area contributed by atoms with Crippen LogP contribution >= 0.6 is 23.4 Å². The Bertz CT molecular complexity index is 720. The van der Waals surface area contributed by atoms with Crippen LogP contribution in [0.3, 0.4) is 0 Å². The summed E-state index contributed by atoms with van der Waals surface area (Å²) in [7, 11) is 1.53. The van der Waals surface area contributed by atoms with Gasteiger partial charge in [0.15, 0.2) is 0 Å². The summed E-state index contributed by atoms with van der Waals surface area (Å²) in [5.41, 5.74) is -0.335. The lowest BCUT2D eigenvalue weighted by Crippen LogP contribution is -2.14. The van der Waals surface area contributed by atoms with E-state index in [0.29, 0.717) is 16.3 Å². The van der Waals surface area contributed by atoms with Gasteiger partial charge in [-0.15, -0.1) is 11.8 Å². The zero-order valence-electron chi connectivity index (χ0n) is 12.5. The summed E-state index contributed by atoms with van der Waals surface area (Å²) in [6, 6.07) is 10.3. The van der Waals surface area contributed by atoms with Crippen molar-refractivity contribution in [1.82, 2.24) is 0 Å². The van der Waals surface area contributed by atoms with Gasteiger partial charge in [-0.3, -0.25) is 4.79 Å². The van der Waals surface area contributed by atoms with E-state index in [4.69, 9.17) is 16.3 Å². The van der Waals surface area contributed by atoms with E-state index in [1.165, 1.54) is 19.2 Å². The van der Waals surface area contributed by atoms with Crippen molar-refractivity contribution < 1.29 is 22.7 Å². The SMILES string of the molecule is COc1ccc(NC(=O)CSc2ccc(Cl)c(C(F)(F)F)c2)cc1. The molecule has 128 valence electrons. The lowest BCUT2D eigenvalue weighted by atomic mass is 10.2. The molecule has 0 aromatic heterocycles. The van der Waals surface area contributed by atoms with Crippen LogP contribution < -0.4 is 10.1 Å². The smallest absolute Gasteiger partial charge is 0.417 e. The number of carbonyl (C=O) groups excluding carboxylic acids is 1. The fourth-order valence-corrected chi connectivity index (χ4v) is 2.79. The average Bonchev–Trinajstić information content (AvgIpc) is 2.53. The molecule has 2 aromatic carbocycles. The maximum atomic E-state index is 12.8. The molecule has 8 heteroatoms. The second-order valence-electron chi connectivity index (χ2n) is 4.70. The van der Waals surface area contributed by atoms with E-state index < -0.39 is 11.7 Å². The van der Waals surface area contributed by atoms with Crippen LogP contribution in [0.4, 0.5) is 18.9 Å². The van der Waals surface area contributed by atoms with Crippen molar-refractivity contribution >= 4 is 35.0 Å². The molecule has 1 N–H and O–H groups in total. The Hall–Kier alpha value is -1.86. The maximum absolute atomic E-state index is 12.8. The first-order valence-electron chi connectivity index (χ1n) is 6.73. The van der Waals surface area contributed by atoms with Crippen LogP contribution in [-0.4, -0.2) is 18.8 Å². The first kappa shape index (κ1) is 18.5. The number of methoxy groups -OCH3 is 1. The number of halogens is 4. The van der Waals surface area contributed by atoms with Crippen LogP contribution in [0.5, 0.6) is 5.75 Å². The lowest BCUT2D eigenvalue weighted by molar-refractivity contribution is -0.137. The normalized spacial score (nSPS) is 11.2. The fraction of sp³-hybridized carbons (Fsp3) is 0.188. The van der Waals surface area contributed by atoms with Crippen LogP contribution in [0, 0.1) is 0 Å². The largest absolute Gasteiger partial charge is 0.497 e. The summed E-state index contributed by atoms with van der Waals surface area (Å²) in [5, 5.41) is 2.29. The molecule has 0 bridgehead atoms. The molecule has 0 aliphatic carbocycles. The first-order valence-corrected chi connectivity index (χ1v) is 8.09. The molecule has 1 amide bonds. The lowest BCUT2D eigenvalue weighted by Gasteiger charge is -2.11. The van der Waals surface area contributed by atoms with Gasteiger partial charge >= 0.3 is 6.18 Å². The number of hydrogen-bond donors (Lipinski definition) is 1. The van der Waals surface area contributed by atoms with Crippen molar-refractivity contribution in [1.29, 1.82) is 0 Å². The molecule has 0 radical (unpaired) electrons. The van der Waals surface area contributed by atoms with Crippen LogP contribution in [0.15, 0.2) is 47.4 Å². The molecule has 0 atom stereocenters. The van der Waals surface area contributed by atoms with Crippen molar-refractivity contribution in [3.05, 3.63) is 53.1 Å². The maximum Gasteiger partial charge on any atom is 0.417 e. The summed E-state index contributed by atoms with van der Waals surface area (Å²) in [6.07, 6.45) is -4.53. The first-order chi connectivity index (χ1) is 11.3. The van der Waals surface area contributed by atoms with E-state index in [-0.39, 0.29) is 16.7 Å². The Morgan fingerprint density at radius 2 is 1.88 bits per heavy atom. The van der Waals surface area contributed by atoms with Gasteiger partial charge in [0, 0.05) is 10.6 Å². The van der Waals surface area contributed by atoms with E-state index in [9.17, 15) is 18.0 Å². The van der Waals surface area contributed by atoms with Gasteiger partial charge in [-0.2, -0.15) is 13.2 Å². The fourth-order valence-electron chi connectivity index (χ4n) is 1.83. The molecule has 0 saturated carbocycles. The molecule has 0 unspecified atom stereocenters. The molecule has 3 nitrogen and oxygen atoms in total. The number of carbonyl (C=O) groups is 1. The monoisotopic (exact) mass is 375 g/mol. The van der Waals surface area contributed by atoms with Gasteiger partial charge < -0.3 is 10.1 Å². The quantitative estimate of drug-likeness (QED) is 0.739. The minimum Gasteiger partial charge on any atom is -0.497 e. The number of amides is 1. The predicted octanol–water partition coefficient (Wildman–Crippen LogP) is 5.10. The average molecular weight is 376 g/mol. The molecule has 0 aliphatic heterocycles. The minimum atomic E-state index is -4.53. The van der Waals surface area contributed by atoms with E-state index in [1.807, 2.05) is 0 Å². The van der Waals surface area contributed by atoms with Crippen molar-refractivity contribution in [3.8, 4) is 5.75 Å². The third kappa shape index (κ3) is 5.07. The van der Waals surface area contributed by atoms with Gasteiger partial charge in [0.1, 0.15) is 5.75 Å². The number of benzene rings is 2. The van der Waals surface area contributed by atoms with E-state index in [2.05, 4.69) is 5.32 Å². The van der Waals surface area contributed by atoms with Gasteiger partial charge in [-0.25, -0.2) is 0 Å². The number of ether oxygens (including phenoxy) is 1. The summed E-state index contributed by atoms with van der Waals surface area (Å²) < 4.78 is 43.4. The molecular weight excluding hydrogens is 363 g/mol. The van der Waals surface area contributed by atoms with Crippen molar-refractivity contribution in [2.24, 2.45) is 0 Å². The zero-order chi connectivity index (χ0) is 17.7. The summed E-state index contributed by atoms with van der Waals surface area (Å²) in [5.74, 6) is 0.308. The van der Waals surface area contributed by atoms with Crippen molar-refractivity contribution in [3.63, 3.8) is 0 Å². The third-order valence-corrected chi connectivity index (χ3v) is 4.31. The molecule has 0 spiro atoms. The second-order valence-corrected chi connectivity index (χ2v) is 6.16. The second kappa shape index (κ2) is 7.81. The van der Waals surface area contributed by atoms with Gasteiger partial charge in [-0.05, 0) is 42.5 Å². The molecule has 2 aromatic rings. The van der Waals surface area contributed by atoms with E-state index in [0.717, 1.165) is 17.8 Å². The zero-order valence-corrected chi connectivity index (χ0v) is 14.1. The highest BCUT2D eigenvalue weighted by atomic mass is 35.5. The van der Waals surface area contributed by atoms with Crippen LogP contribution in [0.2, 0.25) is 5.02 Å². The number of alkyl halides is 3. The van der Waals surface area contributed by atoms with Crippen LogP contribution in [-0.2, 0) is 11.0 Å². The summed E-state index contributed by atoms with van der Waals surface area (Å²) in [4.78, 5) is 12.2. The van der Waals surface area contributed by atoms with Crippen molar-refractivity contribution in [2.45, 2.75) is 11.1 Å². The van der Waals surface area contributed by atoms with Gasteiger partial charge in [0.25, 0.3) is 0 Å². The number of hydrogen-bond acceptors (Lipinski definition) is 3. The third-order valence-electron chi connectivity index (χ3n) is 2.99. The van der Waals surface area contributed by atoms with Gasteiger partial charge in [-0.1, -0.05) is 11.6 Å². The molecular formula is C16H13ClF3NO2S. The number of thioether (sulfide) groups is 1. The van der Waals surface area contributed by atoms with E-state index >= 15 is 0 Å². The highest BCUT2D eigenvalue weighted by molar-refractivity contribution is 8.00. The van der Waals surface area contributed by atoms with Gasteiger partial charge in [0.05, 0.1) is 23.4 Å². The minimum absolute atomic E-state index is 0.0229. The van der Waals surface area contributed by atoms with E-state index in [1.54, 1.807) is 24.3 Å². The standard InChI is InChI=1S/C16H13ClF3NO2S/c1-23-11-4-2-10(3-5-11)21-15(22)9-24-12-6-7-14(17)13(8-12)16(18,19)20/h2-8H,9H2,1H3,(H,21,22). The molecule has 0 aliphatic rings. The van der Waals surface area contributed by atoms with Crippen LogP contribution in [0.1, 0.15) is 5.56 Å². The Kier molecular flexibility index (Phi) is 6.01. The molecule has 0 heterocycles. The Morgan fingerprint density at radius 1 is 1.21 bits per heavy atom. The molecule has 24 heavy (non-hydrogen) atoms. The number of nitrogens with one attached hydrogen (secondary N) is 1. The Balaban J connectivity index is 1.96.